The molecule has 0 saturated heterocycles. The summed E-state index contributed by atoms with van der Waals surface area (Å²) in [7, 11) is 1.46. The lowest BCUT2D eigenvalue weighted by atomic mass is 10.1. The molecule has 0 aromatic heterocycles. The molecule has 150 valence electrons. The second-order valence-corrected chi connectivity index (χ2v) is 7.78. The van der Waals surface area contributed by atoms with E-state index >= 15 is 0 Å². The van der Waals surface area contributed by atoms with Crippen molar-refractivity contribution in [1.82, 2.24) is 9.80 Å². The largest absolute Gasteiger partial charge is 0.325 e. The first-order chi connectivity index (χ1) is 14.0. The second-order valence-electron chi connectivity index (χ2n) is 7.78. The smallest absolute Gasteiger partial charge is 0.261 e. The molecule has 1 heterocycles. The number of aryl methyl sites for hydroxylation is 1. The van der Waals surface area contributed by atoms with Crippen molar-refractivity contribution in [3.63, 3.8) is 0 Å². The number of imide groups is 1. The van der Waals surface area contributed by atoms with Gasteiger partial charge in [-0.1, -0.05) is 31.2 Å². The summed E-state index contributed by atoms with van der Waals surface area (Å²) in [6, 6.07) is 13.8. The summed E-state index contributed by atoms with van der Waals surface area (Å²) in [5, 5.41) is 2.88. The molecule has 0 unspecified atom stereocenters. The summed E-state index contributed by atoms with van der Waals surface area (Å²) in [5.74, 6) is -0.764. The lowest BCUT2D eigenvalue weighted by molar-refractivity contribution is -0.117. The van der Waals surface area contributed by atoms with Crippen molar-refractivity contribution in [3.8, 4) is 0 Å². The molecule has 1 fully saturated rings. The topological polar surface area (TPSA) is 69.7 Å². The number of rotatable bonds is 7. The van der Waals surface area contributed by atoms with E-state index in [9.17, 15) is 14.4 Å². The summed E-state index contributed by atoms with van der Waals surface area (Å²) in [6.45, 7) is 3.17. The summed E-state index contributed by atoms with van der Waals surface area (Å²) in [4.78, 5) is 40.1. The average Bonchev–Trinajstić information content (AvgIpc) is 3.54. The van der Waals surface area contributed by atoms with Crippen LogP contribution in [0.3, 0.4) is 0 Å². The van der Waals surface area contributed by atoms with E-state index in [1.165, 1.54) is 18.2 Å². The maximum absolute atomic E-state index is 12.6. The minimum Gasteiger partial charge on any atom is -0.325 e. The highest BCUT2D eigenvalue weighted by Gasteiger charge is 2.33. The van der Waals surface area contributed by atoms with Crippen LogP contribution in [0.2, 0.25) is 0 Å². The van der Waals surface area contributed by atoms with E-state index in [1.807, 2.05) is 0 Å². The maximum Gasteiger partial charge on any atom is 0.261 e. The normalized spacial score (nSPS) is 15.8. The molecule has 1 aliphatic heterocycles. The van der Waals surface area contributed by atoms with E-state index < -0.39 is 0 Å². The number of hydrogen-bond donors (Lipinski definition) is 1. The Morgan fingerprint density at radius 1 is 1.03 bits per heavy atom. The Bertz CT molecular complexity index is 964. The van der Waals surface area contributed by atoms with Gasteiger partial charge in [0.15, 0.2) is 0 Å². The van der Waals surface area contributed by atoms with Crippen LogP contribution in [0.1, 0.15) is 51.6 Å². The zero-order chi connectivity index (χ0) is 20.5. The molecule has 1 N–H and O–H groups in total. The fourth-order valence-electron chi connectivity index (χ4n) is 3.69. The van der Waals surface area contributed by atoms with Crippen LogP contribution in [0.5, 0.6) is 0 Å². The summed E-state index contributed by atoms with van der Waals surface area (Å²) in [5.41, 5.74) is 3.76. The monoisotopic (exact) mass is 391 g/mol. The number of nitrogens with zero attached hydrogens (tertiary/aromatic N) is 2. The van der Waals surface area contributed by atoms with Crippen LogP contribution in [0.4, 0.5) is 5.69 Å². The van der Waals surface area contributed by atoms with Crippen molar-refractivity contribution < 1.29 is 14.4 Å². The van der Waals surface area contributed by atoms with Crippen molar-refractivity contribution in [2.24, 2.45) is 0 Å². The zero-order valence-corrected chi connectivity index (χ0v) is 16.8. The van der Waals surface area contributed by atoms with Crippen LogP contribution in [0, 0.1) is 0 Å². The van der Waals surface area contributed by atoms with E-state index in [0.29, 0.717) is 29.4 Å². The van der Waals surface area contributed by atoms with Crippen LogP contribution >= 0.6 is 0 Å². The van der Waals surface area contributed by atoms with Gasteiger partial charge in [0.25, 0.3) is 11.8 Å². The number of anilines is 1. The molecule has 4 rings (SSSR count). The molecule has 29 heavy (non-hydrogen) atoms. The molecule has 0 radical (unpaired) electrons. The van der Waals surface area contributed by atoms with E-state index in [2.05, 4.69) is 41.4 Å². The Balaban J connectivity index is 1.41. The van der Waals surface area contributed by atoms with Gasteiger partial charge in [0.1, 0.15) is 0 Å². The van der Waals surface area contributed by atoms with E-state index in [1.54, 1.807) is 18.2 Å². The predicted octanol–water partition coefficient (Wildman–Crippen LogP) is 3.08. The molecule has 0 atom stereocenters. The van der Waals surface area contributed by atoms with Crippen LogP contribution in [-0.2, 0) is 17.8 Å². The zero-order valence-electron chi connectivity index (χ0n) is 16.8. The van der Waals surface area contributed by atoms with Crippen LogP contribution in [0.15, 0.2) is 42.5 Å². The standard InChI is InChI=1S/C23H25N3O3/c1-3-15-4-6-16(7-5-15)13-26(18-9-10-18)14-21(27)24-17-8-11-19-20(12-17)23(29)25(2)22(19)28/h4-8,11-12,18H,3,9-10,13-14H2,1-2H3,(H,24,27). The predicted molar refractivity (Wildman–Crippen MR) is 111 cm³/mol. The van der Waals surface area contributed by atoms with Gasteiger partial charge >= 0.3 is 0 Å². The molecular weight excluding hydrogens is 366 g/mol. The molecule has 2 aliphatic rings. The Morgan fingerprint density at radius 3 is 2.34 bits per heavy atom. The highest BCUT2D eigenvalue weighted by molar-refractivity contribution is 6.21. The SMILES string of the molecule is CCc1ccc(CN(CC(=O)Nc2ccc3c(c2)C(=O)N(C)C3=O)C2CC2)cc1. The van der Waals surface area contributed by atoms with E-state index in [-0.39, 0.29) is 17.7 Å². The average molecular weight is 391 g/mol. The minimum absolute atomic E-state index is 0.118. The van der Waals surface area contributed by atoms with Gasteiger partial charge < -0.3 is 5.32 Å². The number of hydrogen-bond acceptors (Lipinski definition) is 4. The first-order valence-electron chi connectivity index (χ1n) is 10.0. The van der Waals surface area contributed by atoms with Gasteiger partial charge in [-0.3, -0.25) is 24.2 Å². The Morgan fingerprint density at radius 2 is 1.69 bits per heavy atom. The fraction of sp³-hybridized carbons (Fsp3) is 0.348. The van der Waals surface area contributed by atoms with Crippen molar-refractivity contribution >= 4 is 23.4 Å². The Labute approximate surface area is 170 Å². The quantitative estimate of drug-likeness (QED) is 0.737. The van der Waals surface area contributed by atoms with Crippen molar-refractivity contribution in [3.05, 3.63) is 64.7 Å². The molecule has 3 amide bonds. The van der Waals surface area contributed by atoms with Crippen molar-refractivity contribution in [2.45, 2.75) is 38.8 Å². The number of fused-ring (bicyclic) bond motifs is 1. The first-order valence-corrected chi connectivity index (χ1v) is 10.0. The molecule has 0 spiro atoms. The second kappa shape index (κ2) is 7.79. The lowest BCUT2D eigenvalue weighted by Crippen LogP contribution is -2.34. The third kappa shape index (κ3) is 4.07. The third-order valence-electron chi connectivity index (χ3n) is 5.60. The number of carbonyl (C=O) groups excluding carboxylic acids is 3. The maximum atomic E-state index is 12.6. The fourth-order valence-corrected chi connectivity index (χ4v) is 3.69. The molecule has 2 aromatic carbocycles. The van der Waals surface area contributed by atoms with Crippen molar-refractivity contribution in [2.75, 3.05) is 18.9 Å². The molecule has 6 heteroatoms. The molecular formula is C23H25N3O3. The van der Waals surface area contributed by atoms with Crippen LogP contribution < -0.4 is 5.32 Å². The molecule has 0 bridgehead atoms. The van der Waals surface area contributed by atoms with Crippen molar-refractivity contribution in [1.29, 1.82) is 0 Å². The first kappa shape index (κ1) is 19.3. The number of amides is 3. The van der Waals surface area contributed by atoms with Crippen LogP contribution in [-0.4, -0.2) is 47.2 Å². The highest BCUT2D eigenvalue weighted by Crippen LogP contribution is 2.29. The molecule has 1 aliphatic carbocycles. The molecule has 2 aromatic rings. The van der Waals surface area contributed by atoms with Gasteiger partial charge in [0.2, 0.25) is 5.91 Å². The van der Waals surface area contributed by atoms with E-state index in [4.69, 9.17) is 0 Å². The molecule has 1 saturated carbocycles. The number of nitrogens with one attached hydrogen (secondary N) is 1. The summed E-state index contributed by atoms with van der Waals surface area (Å²) < 4.78 is 0. The molecule has 6 nitrogen and oxygen atoms in total. The summed E-state index contributed by atoms with van der Waals surface area (Å²) in [6.07, 6.45) is 3.24. The Hall–Kier alpha value is -2.99. The van der Waals surface area contributed by atoms with E-state index in [0.717, 1.165) is 30.7 Å². The van der Waals surface area contributed by atoms with Gasteiger partial charge in [0.05, 0.1) is 17.7 Å². The number of carbonyl (C=O) groups is 3. The van der Waals surface area contributed by atoms with Gasteiger partial charge in [-0.15, -0.1) is 0 Å². The van der Waals surface area contributed by atoms with Gasteiger partial charge in [0, 0.05) is 25.3 Å². The number of benzene rings is 2. The third-order valence-corrected chi connectivity index (χ3v) is 5.60. The van der Waals surface area contributed by atoms with Gasteiger partial charge in [-0.05, 0) is 48.6 Å². The summed E-state index contributed by atoms with van der Waals surface area (Å²) >= 11 is 0. The van der Waals surface area contributed by atoms with Gasteiger partial charge in [-0.25, -0.2) is 0 Å². The lowest BCUT2D eigenvalue weighted by Gasteiger charge is -2.21. The minimum atomic E-state index is -0.337. The van der Waals surface area contributed by atoms with Crippen LogP contribution in [0.25, 0.3) is 0 Å². The Kier molecular flexibility index (Phi) is 5.20. The van der Waals surface area contributed by atoms with Gasteiger partial charge in [-0.2, -0.15) is 0 Å². The highest BCUT2D eigenvalue weighted by atomic mass is 16.2.